The van der Waals surface area contributed by atoms with E-state index < -0.39 is 0 Å². The summed E-state index contributed by atoms with van der Waals surface area (Å²) >= 11 is 6.04. The lowest BCUT2D eigenvalue weighted by Crippen LogP contribution is -2.48. The Hall–Kier alpha value is -2.20. The minimum absolute atomic E-state index is 0.0399. The fraction of sp³-hybridized carbons (Fsp3) is 0.235. The lowest BCUT2D eigenvalue weighted by molar-refractivity contribution is 0.0747. The molecular weight excluding hydrogens is 298 g/mol. The van der Waals surface area contributed by atoms with Gasteiger partial charge in [-0.05, 0) is 36.4 Å². The van der Waals surface area contributed by atoms with E-state index in [1.54, 1.807) is 12.1 Å². The molecule has 1 amide bonds. The Morgan fingerprint density at radius 3 is 2.41 bits per heavy atom. The standard InChI is InChI=1S/C17H18ClN3O/c18-14-4-2-6-16(12-14)20-7-9-21(10-8-20)17(22)13-3-1-5-15(19)11-13/h1-6,11-12H,7-10,19H2. The van der Waals surface area contributed by atoms with Crippen molar-refractivity contribution in [1.29, 1.82) is 0 Å². The molecule has 1 saturated heterocycles. The van der Waals surface area contributed by atoms with Gasteiger partial charge >= 0.3 is 0 Å². The maximum Gasteiger partial charge on any atom is 0.254 e. The van der Waals surface area contributed by atoms with Crippen LogP contribution in [-0.2, 0) is 0 Å². The minimum atomic E-state index is 0.0399. The fourth-order valence-electron chi connectivity index (χ4n) is 2.69. The van der Waals surface area contributed by atoms with Gasteiger partial charge in [-0.3, -0.25) is 4.79 Å². The molecule has 0 radical (unpaired) electrons. The van der Waals surface area contributed by atoms with E-state index in [9.17, 15) is 4.79 Å². The predicted octanol–water partition coefficient (Wildman–Crippen LogP) is 2.88. The molecule has 22 heavy (non-hydrogen) atoms. The van der Waals surface area contributed by atoms with Gasteiger partial charge in [-0.1, -0.05) is 23.7 Å². The maximum atomic E-state index is 12.5. The monoisotopic (exact) mass is 315 g/mol. The van der Waals surface area contributed by atoms with E-state index in [2.05, 4.69) is 4.90 Å². The van der Waals surface area contributed by atoms with Crippen molar-refractivity contribution < 1.29 is 4.79 Å². The van der Waals surface area contributed by atoms with Crippen LogP contribution in [0.5, 0.6) is 0 Å². The van der Waals surface area contributed by atoms with Gasteiger partial charge in [0.2, 0.25) is 0 Å². The van der Waals surface area contributed by atoms with Crippen molar-refractivity contribution in [2.75, 3.05) is 36.8 Å². The zero-order chi connectivity index (χ0) is 15.5. The van der Waals surface area contributed by atoms with Gasteiger partial charge < -0.3 is 15.5 Å². The molecule has 1 heterocycles. The number of amides is 1. The summed E-state index contributed by atoms with van der Waals surface area (Å²) in [4.78, 5) is 16.6. The average Bonchev–Trinajstić information content (AvgIpc) is 2.54. The molecule has 0 spiro atoms. The lowest BCUT2D eigenvalue weighted by atomic mass is 10.1. The molecule has 0 unspecified atom stereocenters. The van der Waals surface area contributed by atoms with E-state index in [0.717, 1.165) is 23.8 Å². The highest BCUT2D eigenvalue weighted by molar-refractivity contribution is 6.30. The molecule has 1 fully saturated rings. The molecule has 2 aromatic rings. The number of hydrogen-bond acceptors (Lipinski definition) is 3. The quantitative estimate of drug-likeness (QED) is 0.867. The van der Waals surface area contributed by atoms with Gasteiger partial charge in [0.05, 0.1) is 0 Å². The van der Waals surface area contributed by atoms with Crippen LogP contribution in [0.1, 0.15) is 10.4 Å². The van der Waals surface area contributed by atoms with E-state index in [4.69, 9.17) is 17.3 Å². The van der Waals surface area contributed by atoms with Gasteiger partial charge in [-0.15, -0.1) is 0 Å². The van der Waals surface area contributed by atoms with Crippen LogP contribution in [0.3, 0.4) is 0 Å². The second-order valence-electron chi connectivity index (χ2n) is 5.38. The molecule has 0 atom stereocenters. The van der Waals surface area contributed by atoms with Crippen LogP contribution in [0.2, 0.25) is 5.02 Å². The zero-order valence-electron chi connectivity index (χ0n) is 12.2. The molecular formula is C17H18ClN3O. The third-order valence-corrected chi connectivity index (χ3v) is 4.11. The molecule has 2 aromatic carbocycles. The number of benzene rings is 2. The number of carbonyl (C=O) groups excluding carboxylic acids is 1. The summed E-state index contributed by atoms with van der Waals surface area (Å²) in [5.41, 5.74) is 8.11. The van der Waals surface area contributed by atoms with Crippen molar-refractivity contribution in [3.05, 3.63) is 59.1 Å². The molecule has 0 saturated carbocycles. The molecule has 3 rings (SSSR count). The molecule has 5 heteroatoms. The van der Waals surface area contributed by atoms with Crippen LogP contribution >= 0.6 is 11.6 Å². The minimum Gasteiger partial charge on any atom is -0.399 e. The lowest BCUT2D eigenvalue weighted by Gasteiger charge is -2.36. The first kappa shape index (κ1) is 14.7. The third-order valence-electron chi connectivity index (χ3n) is 3.87. The number of nitrogen functional groups attached to an aromatic ring is 1. The van der Waals surface area contributed by atoms with Gasteiger partial charge in [0, 0.05) is 48.1 Å². The van der Waals surface area contributed by atoms with Gasteiger partial charge in [-0.25, -0.2) is 0 Å². The summed E-state index contributed by atoms with van der Waals surface area (Å²) in [6, 6.07) is 14.9. The summed E-state index contributed by atoms with van der Waals surface area (Å²) in [6.45, 7) is 2.99. The Bertz CT molecular complexity index is 681. The van der Waals surface area contributed by atoms with Crippen molar-refractivity contribution >= 4 is 28.9 Å². The molecule has 114 valence electrons. The number of rotatable bonds is 2. The molecule has 0 bridgehead atoms. The van der Waals surface area contributed by atoms with Crippen LogP contribution in [0.15, 0.2) is 48.5 Å². The SMILES string of the molecule is Nc1cccc(C(=O)N2CCN(c3cccc(Cl)c3)CC2)c1. The summed E-state index contributed by atoms with van der Waals surface area (Å²) in [6.07, 6.45) is 0. The zero-order valence-corrected chi connectivity index (χ0v) is 13.0. The second-order valence-corrected chi connectivity index (χ2v) is 5.82. The van der Waals surface area contributed by atoms with Gasteiger partial charge in [0.15, 0.2) is 0 Å². The topological polar surface area (TPSA) is 49.6 Å². The smallest absolute Gasteiger partial charge is 0.254 e. The van der Waals surface area contributed by atoms with E-state index >= 15 is 0 Å². The summed E-state index contributed by atoms with van der Waals surface area (Å²) < 4.78 is 0. The Kier molecular flexibility index (Phi) is 4.20. The number of carbonyl (C=O) groups is 1. The molecule has 0 aliphatic carbocycles. The van der Waals surface area contributed by atoms with Crippen LogP contribution < -0.4 is 10.6 Å². The Morgan fingerprint density at radius 1 is 1.00 bits per heavy atom. The molecule has 0 aromatic heterocycles. The number of halogens is 1. The van der Waals surface area contributed by atoms with Crippen LogP contribution in [0.25, 0.3) is 0 Å². The number of anilines is 2. The van der Waals surface area contributed by atoms with Gasteiger partial charge in [0.1, 0.15) is 0 Å². The highest BCUT2D eigenvalue weighted by atomic mass is 35.5. The summed E-state index contributed by atoms with van der Waals surface area (Å²) in [5, 5.41) is 0.732. The number of nitrogens with zero attached hydrogens (tertiary/aromatic N) is 2. The molecule has 2 N–H and O–H groups in total. The van der Waals surface area contributed by atoms with Crippen molar-refractivity contribution in [1.82, 2.24) is 4.90 Å². The van der Waals surface area contributed by atoms with E-state index in [1.807, 2.05) is 41.3 Å². The highest BCUT2D eigenvalue weighted by Gasteiger charge is 2.22. The summed E-state index contributed by atoms with van der Waals surface area (Å²) in [5.74, 6) is 0.0399. The van der Waals surface area contributed by atoms with E-state index in [-0.39, 0.29) is 5.91 Å². The first-order chi connectivity index (χ1) is 10.6. The van der Waals surface area contributed by atoms with Crippen molar-refractivity contribution in [2.45, 2.75) is 0 Å². The third kappa shape index (κ3) is 3.17. The van der Waals surface area contributed by atoms with Crippen molar-refractivity contribution in [2.24, 2.45) is 0 Å². The van der Waals surface area contributed by atoms with E-state index in [0.29, 0.717) is 24.3 Å². The molecule has 4 nitrogen and oxygen atoms in total. The number of nitrogens with two attached hydrogens (primary N) is 1. The van der Waals surface area contributed by atoms with Crippen molar-refractivity contribution in [3.8, 4) is 0 Å². The Labute approximate surface area is 135 Å². The number of hydrogen-bond donors (Lipinski definition) is 1. The first-order valence-corrected chi connectivity index (χ1v) is 7.66. The van der Waals surface area contributed by atoms with Crippen LogP contribution in [0.4, 0.5) is 11.4 Å². The second kappa shape index (κ2) is 6.28. The largest absolute Gasteiger partial charge is 0.399 e. The van der Waals surface area contributed by atoms with Crippen molar-refractivity contribution in [3.63, 3.8) is 0 Å². The molecule has 1 aliphatic heterocycles. The highest BCUT2D eigenvalue weighted by Crippen LogP contribution is 2.21. The summed E-state index contributed by atoms with van der Waals surface area (Å²) in [7, 11) is 0. The van der Waals surface area contributed by atoms with Crippen LogP contribution in [-0.4, -0.2) is 37.0 Å². The first-order valence-electron chi connectivity index (χ1n) is 7.29. The number of piperazine rings is 1. The van der Waals surface area contributed by atoms with Gasteiger partial charge in [-0.2, -0.15) is 0 Å². The van der Waals surface area contributed by atoms with Gasteiger partial charge in [0.25, 0.3) is 5.91 Å². The normalized spacial score (nSPS) is 15.0. The van der Waals surface area contributed by atoms with E-state index in [1.165, 1.54) is 0 Å². The van der Waals surface area contributed by atoms with Crippen LogP contribution in [0, 0.1) is 0 Å². The average molecular weight is 316 g/mol. The predicted molar refractivity (Wildman–Crippen MR) is 90.4 cm³/mol. The molecule has 1 aliphatic rings. The fourth-order valence-corrected chi connectivity index (χ4v) is 2.88. The maximum absolute atomic E-state index is 12.5. The Morgan fingerprint density at radius 2 is 1.73 bits per heavy atom. The Balaban J connectivity index is 1.65.